The van der Waals surface area contributed by atoms with Gasteiger partial charge >= 0.3 is 0 Å². The van der Waals surface area contributed by atoms with Crippen molar-refractivity contribution in [1.29, 1.82) is 0 Å². The van der Waals surface area contributed by atoms with E-state index in [2.05, 4.69) is 5.32 Å². The summed E-state index contributed by atoms with van der Waals surface area (Å²) in [7, 11) is 0. The number of rotatable bonds is 4. The van der Waals surface area contributed by atoms with E-state index in [1.807, 2.05) is 44.2 Å². The van der Waals surface area contributed by atoms with E-state index < -0.39 is 6.10 Å². The standard InChI is InChI=1S/C17H18ClNO2/c1-11-7-6-10-16(12(11)2)21-13(3)17(20)19-15-9-5-4-8-14(15)18/h4-10,13H,1-3H3,(H,19,20)/t13-/m1/s1. The minimum absolute atomic E-state index is 0.232. The predicted molar refractivity (Wildman–Crippen MR) is 86.1 cm³/mol. The van der Waals surface area contributed by atoms with Crippen molar-refractivity contribution in [2.45, 2.75) is 26.9 Å². The fourth-order valence-electron chi connectivity index (χ4n) is 1.89. The molecule has 21 heavy (non-hydrogen) atoms. The number of nitrogens with one attached hydrogen (secondary N) is 1. The molecular formula is C17H18ClNO2. The molecule has 1 amide bonds. The fourth-order valence-corrected chi connectivity index (χ4v) is 2.08. The highest BCUT2D eigenvalue weighted by Gasteiger charge is 2.17. The second-order valence-corrected chi connectivity index (χ2v) is 5.33. The van der Waals surface area contributed by atoms with Gasteiger partial charge in [-0.3, -0.25) is 4.79 Å². The van der Waals surface area contributed by atoms with Crippen LogP contribution in [0.2, 0.25) is 5.02 Å². The molecule has 0 heterocycles. The molecule has 0 saturated carbocycles. The van der Waals surface area contributed by atoms with Crippen LogP contribution in [0.4, 0.5) is 5.69 Å². The smallest absolute Gasteiger partial charge is 0.265 e. The van der Waals surface area contributed by atoms with Gasteiger partial charge in [-0.15, -0.1) is 0 Å². The number of carbonyl (C=O) groups excluding carboxylic acids is 1. The SMILES string of the molecule is Cc1cccc(O[C@H](C)C(=O)Nc2ccccc2Cl)c1C. The number of hydrogen-bond donors (Lipinski definition) is 1. The summed E-state index contributed by atoms with van der Waals surface area (Å²) in [5.41, 5.74) is 2.75. The Hall–Kier alpha value is -2.00. The number of anilines is 1. The van der Waals surface area contributed by atoms with Crippen molar-refractivity contribution in [2.75, 3.05) is 5.32 Å². The van der Waals surface area contributed by atoms with Crippen molar-refractivity contribution in [3.63, 3.8) is 0 Å². The quantitative estimate of drug-likeness (QED) is 0.911. The monoisotopic (exact) mass is 303 g/mol. The maximum Gasteiger partial charge on any atom is 0.265 e. The normalized spacial score (nSPS) is 11.8. The predicted octanol–water partition coefficient (Wildman–Crippen LogP) is 4.36. The lowest BCUT2D eigenvalue weighted by Gasteiger charge is -2.17. The third-order valence-electron chi connectivity index (χ3n) is 3.36. The summed E-state index contributed by atoms with van der Waals surface area (Å²) < 4.78 is 5.74. The molecule has 2 rings (SSSR count). The van der Waals surface area contributed by atoms with E-state index in [4.69, 9.17) is 16.3 Å². The van der Waals surface area contributed by atoms with Crippen molar-refractivity contribution in [3.05, 3.63) is 58.6 Å². The summed E-state index contributed by atoms with van der Waals surface area (Å²) in [5.74, 6) is 0.487. The second kappa shape index (κ2) is 6.64. The average Bonchev–Trinajstić information content (AvgIpc) is 2.46. The van der Waals surface area contributed by atoms with Gasteiger partial charge in [-0.2, -0.15) is 0 Å². The number of aryl methyl sites for hydroxylation is 1. The number of hydrogen-bond acceptors (Lipinski definition) is 2. The van der Waals surface area contributed by atoms with Crippen molar-refractivity contribution >= 4 is 23.2 Å². The molecule has 0 bridgehead atoms. The first-order valence-corrected chi connectivity index (χ1v) is 7.15. The molecule has 0 aliphatic heterocycles. The van der Waals surface area contributed by atoms with Gasteiger partial charge in [-0.1, -0.05) is 35.9 Å². The first kappa shape index (κ1) is 15.4. The zero-order chi connectivity index (χ0) is 15.4. The maximum absolute atomic E-state index is 12.2. The molecule has 3 nitrogen and oxygen atoms in total. The first-order valence-electron chi connectivity index (χ1n) is 6.77. The Morgan fingerprint density at radius 3 is 2.57 bits per heavy atom. The number of para-hydroxylation sites is 1. The van der Waals surface area contributed by atoms with Gasteiger partial charge in [0.1, 0.15) is 5.75 Å². The fraction of sp³-hybridized carbons (Fsp3) is 0.235. The third kappa shape index (κ3) is 3.76. The zero-order valence-electron chi connectivity index (χ0n) is 12.3. The third-order valence-corrected chi connectivity index (χ3v) is 3.69. The number of benzene rings is 2. The molecule has 0 unspecified atom stereocenters. The first-order chi connectivity index (χ1) is 9.99. The summed E-state index contributed by atoms with van der Waals surface area (Å²) in [6.45, 7) is 5.70. The molecule has 0 saturated heterocycles. The topological polar surface area (TPSA) is 38.3 Å². The largest absolute Gasteiger partial charge is 0.481 e. The lowest BCUT2D eigenvalue weighted by molar-refractivity contribution is -0.122. The van der Waals surface area contributed by atoms with Crippen LogP contribution >= 0.6 is 11.6 Å². The minimum Gasteiger partial charge on any atom is -0.481 e. The van der Waals surface area contributed by atoms with Gasteiger partial charge in [-0.25, -0.2) is 0 Å². The molecule has 0 aliphatic rings. The number of amides is 1. The average molecular weight is 304 g/mol. The Bertz CT molecular complexity index is 655. The second-order valence-electron chi connectivity index (χ2n) is 4.93. The van der Waals surface area contributed by atoms with Crippen LogP contribution in [0.15, 0.2) is 42.5 Å². The Balaban J connectivity index is 2.06. The summed E-state index contributed by atoms with van der Waals surface area (Å²) in [6, 6.07) is 12.9. The van der Waals surface area contributed by atoms with Gasteiger partial charge in [0.2, 0.25) is 0 Å². The minimum atomic E-state index is -0.609. The van der Waals surface area contributed by atoms with Crippen LogP contribution in [0, 0.1) is 13.8 Å². The number of halogens is 1. The lowest BCUT2D eigenvalue weighted by atomic mass is 10.1. The van der Waals surface area contributed by atoms with E-state index in [-0.39, 0.29) is 5.91 Å². The van der Waals surface area contributed by atoms with E-state index in [0.29, 0.717) is 10.7 Å². The van der Waals surface area contributed by atoms with Gasteiger partial charge in [0.05, 0.1) is 10.7 Å². The summed E-state index contributed by atoms with van der Waals surface area (Å²) in [4.78, 5) is 12.2. The molecule has 2 aromatic carbocycles. The highest BCUT2D eigenvalue weighted by molar-refractivity contribution is 6.33. The maximum atomic E-state index is 12.2. The summed E-state index contributed by atoms with van der Waals surface area (Å²) in [5, 5.41) is 3.27. The molecule has 1 atom stereocenters. The molecular weight excluding hydrogens is 286 g/mol. The van der Waals surface area contributed by atoms with Crippen LogP contribution in [0.3, 0.4) is 0 Å². The van der Waals surface area contributed by atoms with E-state index in [1.54, 1.807) is 19.1 Å². The van der Waals surface area contributed by atoms with Gasteiger partial charge in [0.15, 0.2) is 6.10 Å². The van der Waals surface area contributed by atoms with Crippen molar-refractivity contribution < 1.29 is 9.53 Å². The van der Waals surface area contributed by atoms with Crippen LogP contribution < -0.4 is 10.1 Å². The number of ether oxygens (including phenoxy) is 1. The molecule has 0 fully saturated rings. The van der Waals surface area contributed by atoms with Gasteiger partial charge in [0.25, 0.3) is 5.91 Å². The van der Waals surface area contributed by atoms with E-state index in [0.717, 1.165) is 16.9 Å². The molecule has 0 aromatic heterocycles. The van der Waals surface area contributed by atoms with Crippen LogP contribution in [0.1, 0.15) is 18.1 Å². The molecule has 2 aromatic rings. The zero-order valence-corrected chi connectivity index (χ0v) is 13.1. The molecule has 110 valence electrons. The molecule has 4 heteroatoms. The van der Waals surface area contributed by atoms with Gasteiger partial charge in [-0.05, 0) is 50.1 Å². The van der Waals surface area contributed by atoms with Crippen molar-refractivity contribution in [1.82, 2.24) is 0 Å². The van der Waals surface area contributed by atoms with Crippen LogP contribution in [0.25, 0.3) is 0 Å². The highest BCUT2D eigenvalue weighted by atomic mass is 35.5. The Morgan fingerprint density at radius 1 is 1.14 bits per heavy atom. The van der Waals surface area contributed by atoms with E-state index in [9.17, 15) is 4.79 Å². The molecule has 0 radical (unpaired) electrons. The summed E-state index contributed by atoms with van der Waals surface area (Å²) >= 11 is 6.02. The van der Waals surface area contributed by atoms with Gasteiger partial charge < -0.3 is 10.1 Å². The Labute approximate surface area is 129 Å². The van der Waals surface area contributed by atoms with Crippen LogP contribution in [0.5, 0.6) is 5.75 Å². The highest BCUT2D eigenvalue weighted by Crippen LogP contribution is 2.23. The Morgan fingerprint density at radius 2 is 1.86 bits per heavy atom. The van der Waals surface area contributed by atoms with E-state index >= 15 is 0 Å². The summed E-state index contributed by atoms with van der Waals surface area (Å²) in [6.07, 6.45) is -0.609. The van der Waals surface area contributed by atoms with Crippen LogP contribution in [-0.2, 0) is 4.79 Å². The van der Waals surface area contributed by atoms with Crippen LogP contribution in [-0.4, -0.2) is 12.0 Å². The van der Waals surface area contributed by atoms with Crippen molar-refractivity contribution in [2.24, 2.45) is 0 Å². The number of carbonyl (C=O) groups is 1. The Kier molecular flexibility index (Phi) is 4.86. The molecule has 0 aliphatic carbocycles. The van der Waals surface area contributed by atoms with E-state index in [1.165, 1.54) is 0 Å². The van der Waals surface area contributed by atoms with Crippen molar-refractivity contribution in [3.8, 4) is 5.75 Å². The lowest BCUT2D eigenvalue weighted by Crippen LogP contribution is -2.30. The molecule has 0 spiro atoms. The molecule has 1 N–H and O–H groups in total. The van der Waals surface area contributed by atoms with Gasteiger partial charge in [0, 0.05) is 0 Å².